The zero-order chi connectivity index (χ0) is 24.0. The maximum atomic E-state index is 6.28. The molecule has 2 aliphatic heterocycles. The highest BCUT2D eigenvalue weighted by Crippen LogP contribution is 2.25. The number of nitrogens with one attached hydrogen (secondary N) is 1. The first-order valence-electron chi connectivity index (χ1n) is 11.9. The number of hydrogen-bond donors (Lipinski definition) is 1. The van der Waals surface area contributed by atoms with E-state index in [2.05, 4.69) is 30.3 Å². The highest BCUT2D eigenvalue weighted by atomic mass is 35.5. The molecule has 182 valence electrons. The van der Waals surface area contributed by atoms with Gasteiger partial charge in [0.2, 0.25) is 17.8 Å². The maximum Gasteiger partial charge on any atom is 0.250 e. The van der Waals surface area contributed by atoms with Crippen LogP contribution in [0.25, 0.3) is 0 Å². The van der Waals surface area contributed by atoms with Crippen LogP contribution < -0.4 is 20.0 Å². The third kappa shape index (κ3) is 5.94. The second-order valence-corrected chi connectivity index (χ2v) is 9.42. The Hall–Kier alpha value is -3.10. The van der Waals surface area contributed by atoms with E-state index >= 15 is 0 Å². The second-order valence-electron chi connectivity index (χ2n) is 8.58. The van der Waals surface area contributed by atoms with Crippen molar-refractivity contribution in [2.24, 2.45) is 5.10 Å². The van der Waals surface area contributed by atoms with E-state index in [1.54, 1.807) is 18.3 Å². The molecule has 0 bridgehead atoms. The molecule has 0 saturated carbocycles. The summed E-state index contributed by atoms with van der Waals surface area (Å²) in [7, 11) is 0. The molecule has 2 saturated heterocycles. The average molecular weight is 512 g/mol. The van der Waals surface area contributed by atoms with Crippen molar-refractivity contribution in [1.29, 1.82) is 0 Å². The molecule has 0 amide bonds. The number of benzene rings is 2. The first-order chi connectivity index (χ1) is 17.2. The van der Waals surface area contributed by atoms with Gasteiger partial charge in [-0.2, -0.15) is 20.1 Å². The molecule has 1 aromatic heterocycles. The molecule has 2 aromatic carbocycles. The van der Waals surface area contributed by atoms with Crippen molar-refractivity contribution in [2.45, 2.75) is 32.3 Å². The van der Waals surface area contributed by atoms with E-state index in [0.29, 0.717) is 40.2 Å². The Morgan fingerprint density at radius 3 is 2.20 bits per heavy atom. The minimum absolute atomic E-state index is 0.320. The fourth-order valence-corrected chi connectivity index (χ4v) is 4.66. The van der Waals surface area contributed by atoms with E-state index in [-0.39, 0.29) is 0 Å². The number of hydrogen-bond acceptors (Lipinski definition) is 8. The van der Waals surface area contributed by atoms with E-state index in [1.807, 2.05) is 30.3 Å². The molecule has 1 N–H and O–H groups in total. The summed E-state index contributed by atoms with van der Waals surface area (Å²) in [5.41, 5.74) is 4.67. The summed E-state index contributed by atoms with van der Waals surface area (Å²) in [6, 6.07) is 13.0. The summed E-state index contributed by atoms with van der Waals surface area (Å²) in [5, 5.41) is 5.57. The Morgan fingerprint density at radius 2 is 1.54 bits per heavy atom. The molecule has 0 radical (unpaired) electrons. The molecule has 2 aliphatic rings. The molecule has 2 fully saturated rings. The van der Waals surface area contributed by atoms with Crippen LogP contribution in [0.4, 0.5) is 17.8 Å². The number of rotatable bonds is 8. The lowest BCUT2D eigenvalue weighted by atomic mass is 10.2. The van der Waals surface area contributed by atoms with Crippen molar-refractivity contribution >= 4 is 47.3 Å². The molecular weight excluding hydrogens is 485 g/mol. The van der Waals surface area contributed by atoms with Crippen molar-refractivity contribution in [3.63, 3.8) is 0 Å². The molecule has 0 atom stereocenters. The SMILES string of the molecule is Clc1ccc(COc2ccccc2/C=N\Nc2nc(N3CCCC3)nc(N3CCCC3)n2)c(Cl)c1. The van der Waals surface area contributed by atoms with E-state index in [1.165, 1.54) is 0 Å². The van der Waals surface area contributed by atoms with Gasteiger partial charge in [-0.25, -0.2) is 5.43 Å². The van der Waals surface area contributed by atoms with Gasteiger partial charge in [-0.15, -0.1) is 0 Å². The van der Waals surface area contributed by atoms with Crippen LogP contribution in [0, 0.1) is 0 Å². The zero-order valence-corrected chi connectivity index (χ0v) is 20.8. The minimum atomic E-state index is 0.320. The van der Waals surface area contributed by atoms with Gasteiger partial charge in [0.1, 0.15) is 12.4 Å². The van der Waals surface area contributed by atoms with Crippen molar-refractivity contribution in [3.05, 3.63) is 63.6 Å². The van der Waals surface area contributed by atoms with Gasteiger partial charge < -0.3 is 14.5 Å². The predicted octanol–water partition coefficient (Wildman–Crippen LogP) is 5.40. The molecule has 3 aromatic rings. The van der Waals surface area contributed by atoms with Crippen LogP contribution in [0.15, 0.2) is 47.6 Å². The fraction of sp³-hybridized carbons (Fsp3) is 0.360. The lowest BCUT2D eigenvalue weighted by molar-refractivity contribution is 0.306. The minimum Gasteiger partial charge on any atom is -0.488 e. The number of aromatic nitrogens is 3. The molecule has 8 nitrogen and oxygen atoms in total. The number of halogens is 2. The second kappa shape index (κ2) is 11.1. The molecule has 3 heterocycles. The van der Waals surface area contributed by atoms with Gasteiger partial charge in [-0.1, -0.05) is 41.4 Å². The Bertz CT molecular complexity index is 1160. The molecular formula is C25H27Cl2N7O. The number of anilines is 3. The summed E-state index contributed by atoms with van der Waals surface area (Å²) < 4.78 is 6.02. The first kappa shape index (κ1) is 23.6. The Labute approximate surface area is 214 Å². The summed E-state index contributed by atoms with van der Waals surface area (Å²) in [6.07, 6.45) is 6.33. The van der Waals surface area contributed by atoms with E-state index in [0.717, 1.165) is 63.0 Å². The smallest absolute Gasteiger partial charge is 0.250 e. The molecule has 0 spiro atoms. The lowest BCUT2D eigenvalue weighted by Gasteiger charge is -2.20. The van der Waals surface area contributed by atoms with Crippen LogP contribution in [0.5, 0.6) is 5.75 Å². The highest BCUT2D eigenvalue weighted by molar-refractivity contribution is 6.35. The largest absolute Gasteiger partial charge is 0.488 e. The molecule has 35 heavy (non-hydrogen) atoms. The molecule has 10 heteroatoms. The quantitative estimate of drug-likeness (QED) is 0.320. The van der Waals surface area contributed by atoms with E-state index in [9.17, 15) is 0 Å². The van der Waals surface area contributed by atoms with Crippen molar-refractivity contribution in [3.8, 4) is 5.75 Å². The van der Waals surface area contributed by atoms with Crippen LogP contribution >= 0.6 is 23.2 Å². The van der Waals surface area contributed by atoms with Crippen LogP contribution in [0.1, 0.15) is 36.8 Å². The summed E-state index contributed by atoms with van der Waals surface area (Å²) in [6.45, 7) is 4.19. The molecule has 5 rings (SSSR count). The monoisotopic (exact) mass is 511 g/mol. The highest BCUT2D eigenvalue weighted by Gasteiger charge is 2.21. The number of nitrogens with zero attached hydrogens (tertiary/aromatic N) is 6. The fourth-order valence-electron chi connectivity index (χ4n) is 4.19. The maximum absolute atomic E-state index is 6.28. The van der Waals surface area contributed by atoms with Gasteiger partial charge in [0.25, 0.3) is 0 Å². The normalized spacial score (nSPS) is 15.8. The zero-order valence-electron chi connectivity index (χ0n) is 19.3. The van der Waals surface area contributed by atoms with Gasteiger partial charge in [0.15, 0.2) is 0 Å². The third-order valence-corrected chi connectivity index (χ3v) is 6.66. The van der Waals surface area contributed by atoms with E-state index in [4.69, 9.17) is 32.9 Å². The van der Waals surface area contributed by atoms with Crippen LogP contribution in [0.2, 0.25) is 10.0 Å². The van der Waals surface area contributed by atoms with Gasteiger partial charge >= 0.3 is 0 Å². The van der Waals surface area contributed by atoms with Gasteiger partial charge in [0, 0.05) is 47.4 Å². The lowest BCUT2D eigenvalue weighted by Crippen LogP contribution is -2.25. The van der Waals surface area contributed by atoms with Crippen LogP contribution in [-0.4, -0.2) is 47.3 Å². The van der Waals surface area contributed by atoms with Crippen LogP contribution in [0.3, 0.4) is 0 Å². The number of hydrazone groups is 1. The number of para-hydroxylation sites is 1. The summed E-state index contributed by atoms with van der Waals surface area (Å²) in [5.74, 6) is 2.54. The standard InChI is InChI=1S/C25H27Cl2N7O/c26-20-10-9-19(21(27)15-20)17-35-22-8-2-1-7-18(22)16-28-32-23-29-24(33-11-3-4-12-33)31-25(30-23)34-13-5-6-14-34/h1-2,7-10,15-16H,3-6,11-14,17H2,(H,29,30,31,32)/b28-16-. The van der Waals surface area contributed by atoms with Gasteiger partial charge in [-0.3, -0.25) is 0 Å². The Kier molecular flexibility index (Phi) is 7.49. The van der Waals surface area contributed by atoms with Crippen molar-refractivity contribution < 1.29 is 4.74 Å². The Morgan fingerprint density at radius 1 is 0.886 bits per heavy atom. The molecule has 0 aliphatic carbocycles. The Balaban J connectivity index is 1.30. The van der Waals surface area contributed by atoms with Crippen LogP contribution in [-0.2, 0) is 6.61 Å². The average Bonchev–Trinajstić information content (AvgIpc) is 3.59. The molecule has 0 unspecified atom stereocenters. The summed E-state index contributed by atoms with van der Waals surface area (Å²) >= 11 is 12.3. The third-order valence-electron chi connectivity index (χ3n) is 6.08. The number of ether oxygens (including phenoxy) is 1. The first-order valence-corrected chi connectivity index (χ1v) is 12.6. The van der Waals surface area contributed by atoms with Crippen molar-refractivity contribution in [1.82, 2.24) is 15.0 Å². The topological polar surface area (TPSA) is 78.8 Å². The van der Waals surface area contributed by atoms with Gasteiger partial charge in [0.05, 0.1) is 6.21 Å². The van der Waals surface area contributed by atoms with Gasteiger partial charge in [-0.05, 0) is 49.9 Å². The van der Waals surface area contributed by atoms with E-state index < -0.39 is 0 Å². The summed E-state index contributed by atoms with van der Waals surface area (Å²) in [4.78, 5) is 18.4. The predicted molar refractivity (Wildman–Crippen MR) is 141 cm³/mol. The van der Waals surface area contributed by atoms with Crippen molar-refractivity contribution in [2.75, 3.05) is 41.4 Å².